The number of carbonyl (C=O) groups excluding carboxylic acids is 1. The molecule has 0 aliphatic heterocycles. The number of benzene rings is 1. The zero-order valence-electron chi connectivity index (χ0n) is 13.3. The summed E-state index contributed by atoms with van der Waals surface area (Å²) in [5.41, 5.74) is 1.14. The van der Waals surface area contributed by atoms with Gasteiger partial charge in [-0.15, -0.1) is 0 Å². The third-order valence-corrected chi connectivity index (χ3v) is 2.79. The lowest BCUT2D eigenvalue weighted by molar-refractivity contribution is -0.153. The number of aliphatic carboxylic acids is 1. The van der Waals surface area contributed by atoms with Crippen molar-refractivity contribution in [2.45, 2.75) is 46.1 Å². The maximum atomic E-state index is 13.7. The van der Waals surface area contributed by atoms with E-state index in [2.05, 4.69) is 6.58 Å². The minimum absolute atomic E-state index is 0.135. The van der Waals surface area contributed by atoms with E-state index in [0.29, 0.717) is 22.3 Å². The van der Waals surface area contributed by atoms with E-state index in [1.54, 1.807) is 27.7 Å². The van der Waals surface area contributed by atoms with Crippen LogP contribution in [0.4, 0.5) is 4.39 Å². The average molecular weight is 308 g/mol. The summed E-state index contributed by atoms with van der Waals surface area (Å²) in [5, 5.41) is 8.95. The van der Waals surface area contributed by atoms with Gasteiger partial charge in [-0.05, 0) is 56.5 Å². The number of hydrogen-bond donors (Lipinski definition) is 1. The summed E-state index contributed by atoms with van der Waals surface area (Å²) in [6.07, 6.45) is -0.467. The van der Waals surface area contributed by atoms with Crippen LogP contribution in [0.15, 0.2) is 18.7 Å². The number of rotatable bonds is 5. The SMILES string of the molecule is C=C(C)c1c(CC(=O)O)cc(F)cc1CC(=O)OC(C)(C)C. The minimum Gasteiger partial charge on any atom is -0.481 e. The third-order valence-electron chi connectivity index (χ3n) is 2.79. The van der Waals surface area contributed by atoms with Crippen molar-refractivity contribution < 1.29 is 23.8 Å². The van der Waals surface area contributed by atoms with Gasteiger partial charge in [-0.3, -0.25) is 9.59 Å². The highest BCUT2D eigenvalue weighted by atomic mass is 19.1. The fourth-order valence-corrected chi connectivity index (χ4v) is 2.25. The van der Waals surface area contributed by atoms with Crippen molar-refractivity contribution >= 4 is 17.5 Å². The van der Waals surface area contributed by atoms with Gasteiger partial charge in [-0.25, -0.2) is 4.39 Å². The molecule has 0 atom stereocenters. The Kier molecular flexibility index (Phi) is 5.47. The molecule has 5 heteroatoms. The smallest absolute Gasteiger partial charge is 0.310 e. The first-order chi connectivity index (χ1) is 9.99. The molecule has 0 aromatic heterocycles. The Bertz CT molecular complexity index is 612. The van der Waals surface area contributed by atoms with E-state index in [1.165, 1.54) is 6.07 Å². The van der Waals surface area contributed by atoms with Crippen LogP contribution in [0.1, 0.15) is 44.4 Å². The topological polar surface area (TPSA) is 63.6 Å². The highest BCUT2D eigenvalue weighted by molar-refractivity contribution is 5.80. The van der Waals surface area contributed by atoms with E-state index in [4.69, 9.17) is 9.84 Å². The first kappa shape index (κ1) is 17.9. The van der Waals surface area contributed by atoms with Crippen LogP contribution in [0.2, 0.25) is 0 Å². The number of hydrogen-bond acceptors (Lipinski definition) is 3. The second-order valence-corrected chi connectivity index (χ2v) is 6.21. The van der Waals surface area contributed by atoms with Gasteiger partial charge < -0.3 is 9.84 Å². The van der Waals surface area contributed by atoms with Crippen molar-refractivity contribution in [3.05, 3.63) is 41.2 Å². The Morgan fingerprint density at radius 2 is 1.73 bits per heavy atom. The molecule has 1 aromatic carbocycles. The molecule has 0 bridgehead atoms. The molecule has 0 aliphatic rings. The molecule has 0 aliphatic carbocycles. The van der Waals surface area contributed by atoms with E-state index in [-0.39, 0.29) is 12.8 Å². The number of carboxylic acid groups (broad SMARTS) is 1. The van der Waals surface area contributed by atoms with Crippen LogP contribution in [0.25, 0.3) is 5.57 Å². The third kappa shape index (κ3) is 5.31. The van der Waals surface area contributed by atoms with Crippen molar-refractivity contribution in [3.8, 4) is 0 Å². The summed E-state index contributed by atoms with van der Waals surface area (Å²) < 4.78 is 19.0. The van der Waals surface area contributed by atoms with Crippen LogP contribution in [-0.4, -0.2) is 22.6 Å². The molecule has 0 radical (unpaired) electrons. The molecule has 1 aromatic rings. The number of allylic oxidation sites excluding steroid dienone is 1. The zero-order chi connectivity index (χ0) is 17.1. The highest BCUT2D eigenvalue weighted by Crippen LogP contribution is 2.26. The fraction of sp³-hybridized carbons (Fsp3) is 0.412. The molecule has 120 valence electrons. The maximum Gasteiger partial charge on any atom is 0.310 e. The summed E-state index contributed by atoms with van der Waals surface area (Å²) in [6, 6.07) is 2.38. The van der Waals surface area contributed by atoms with Gasteiger partial charge >= 0.3 is 11.9 Å². The lowest BCUT2D eigenvalue weighted by Crippen LogP contribution is -2.25. The number of ether oxygens (including phenoxy) is 1. The highest BCUT2D eigenvalue weighted by Gasteiger charge is 2.20. The number of carboxylic acids is 1. The van der Waals surface area contributed by atoms with Crippen molar-refractivity contribution in [1.29, 1.82) is 0 Å². The van der Waals surface area contributed by atoms with Gasteiger partial charge in [-0.2, -0.15) is 0 Å². The molecule has 0 heterocycles. The minimum atomic E-state index is -1.07. The Labute approximate surface area is 129 Å². The van der Waals surface area contributed by atoms with Crippen LogP contribution >= 0.6 is 0 Å². The molecule has 0 fully saturated rings. The maximum absolute atomic E-state index is 13.7. The van der Waals surface area contributed by atoms with Gasteiger partial charge in [0, 0.05) is 0 Å². The van der Waals surface area contributed by atoms with Gasteiger partial charge in [0.2, 0.25) is 0 Å². The summed E-state index contributed by atoms with van der Waals surface area (Å²) in [5.74, 6) is -2.15. The first-order valence-corrected chi connectivity index (χ1v) is 6.90. The molecule has 4 nitrogen and oxygen atoms in total. The molecular weight excluding hydrogens is 287 g/mol. The Morgan fingerprint density at radius 3 is 2.14 bits per heavy atom. The zero-order valence-corrected chi connectivity index (χ0v) is 13.3. The quantitative estimate of drug-likeness (QED) is 0.847. The fourth-order valence-electron chi connectivity index (χ4n) is 2.25. The molecule has 0 saturated heterocycles. The van der Waals surface area contributed by atoms with Gasteiger partial charge in [-0.1, -0.05) is 12.2 Å². The summed E-state index contributed by atoms with van der Waals surface area (Å²) in [4.78, 5) is 22.9. The normalized spacial score (nSPS) is 11.1. The van der Waals surface area contributed by atoms with E-state index in [9.17, 15) is 14.0 Å². The Balaban J connectivity index is 3.23. The van der Waals surface area contributed by atoms with E-state index < -0.39 is 23.4 Å². The number of esters is 1. The van der Waals surface area contributed by atoms with Gasteiger partial charge in [0.1, 0.15) is 11.4 Å². The Hall–Kier alpha value is -2.17. The van der Waals surface area contributed by atoms with Crippen LogP contribution in [0.3, 0.4) is 0 Å². The van der Waals surface area contributed by atoms with Crippen molar-refractivity contribution in [2.24, 2.45) is 0 Å². The summed E-state index contributed by atoms with van der Waals surface area (Å²) >= 11 is 0. The summed E-state index contributed by atoms with van der Waals surface area (Å²) in [7, 11) is 0. The van der Waals surface area contributed by atoms with Crippen LogP contribution < -0.4 is 0 Å². The number of carbonyl (C=O) groups is 2. The van der Waals surface area contributed by atoms with Crippen molar-refractivity contribution in [1.82, 2.24) is 0 Å². The molecule has 22 heavy (non-hydrogen) atoms. The summed E-state index contributed by atoms with van der Waals surface area (Å²) in [6.45, 7) is 10.7. The standard InChI is InChI=1S/C17H21FO4/c1-10(2)16-11(8-14(19)20)6-13(18)7-12(16)9-15(21)22-17(3,4)5/h6-7H,1,8-9H2,2-5H3,(H,19,20). The molecule has 1 rings (SSSR count). The van der Waals surface area contributed by atoms with Crippen molar-refractivity contribution in [3.63, 3.8) is 0 Å². The second kappa shape index (κ2) is 6.73. The molecule has 1 N–H and O–H groups in total. The number of halogens is 1. The van der Waals surface area contributed by atoms with Crippen molar-refractivity contribution in [2.75, 3.05) is 0 Å². The molecule has 0 amide bonds. The van der Waals surface area contributed by atoms with Crippen LogP contribution in [-0.2, 0) is 27.2 Å². The first-order valence-electron chi connectivity index (χ1n) is 6.90. The largest absolute Gasteiger partial charge is 0.481 e. The van der Waals surface area contributed by atoms with E-state index in [0.717, 1.165) is 6.07 Å². The van der Waals surface area contributed by atoms with E-state index >= 15 is 0 Å². The molecule has 0 saturated carbocycles. The van der Waals surface area contributed by atoms with Gasteiger partial charge in [0.25, 0.3) is 0 Å². The molecule has 0 spiro atoms. The average Bonchev–Trinajstić information content (AvgIpc) is 2.22. The molecule has 0 unspecified atom stereocenters. The van der Waals surface area contributed by atoms with Gasteiger partial charge in [0.15, 0.2) is 0 Å². The van der Waals surface area contributed by atoms with E-state index in [1.807, 2.05) is 0 Å². The van der Waals surface area contributed by atoms with Crippen LogP contribution in [0, 0.1) is 5.82 Å². The molecular formula is C17H21FO4. The predicted octanol–water partition coefficient (Wildman–Crippen LogP) is 3.37. The van der Waals surface area contributed by atoms with Gasteiger partial charge in [0.05, 0.1) is 12.8 Å². The second-order valence-electron chi connectivity index (χ2n) is 6.21. The van der Waals surface area contributed by atoms with Crippen LogP contribution in [0.5, 0.6) is 0 Å². The Morgan fingerprint density at radius 1 is 1.23 bits per heavy atom. The monoisotopic (exact) mass is 308 g/mol. The predicted molar refractivity (Wildman–Crippen MR) is 82.0 cm³/mol. The lowest BCUT2D eigenvalue weighted by atomic mass is 9.92. The lowest BCUT2D eigenvalue weighted by Gasteiger charge is -2.20.